The number of morpholine rings is 1. The predicted molar refractivity (Wildman–Crippen MR) is 99.7 cm³/mol. The number of amides is 2. The minimum atomic E-state index is -0.340. The summed E-state index contributed by atoms with van der Waals surface area (Å²) in [6, 6.07) is 10.0. The summed E-state index contributed by atoms with van der Waals surface area (Å²) in [6.45, 7) is 5.00. The lowest BCUT2D eigenvalue weighted by Gasteiger charge is -2.41. The van der Waals surface area contributed by atoms with E-state index in [0.717, 1.165) is 13.1 Å². The third-order valence-electron chi connectivity index (χ3n) is 4.27. The minimum Gasteiger partial charge on any atom is -0.472 e. The Balaban J connectivity index is 1.61. The molecule has 1 aliphatic heterocycles. The van der Waals surface area contributed by atoms with Gasteiger partial charge in [-0.05, 0) is 23.4 Å². The highest BCUT2D eigenvalue weighted by Gasteiger charge is 2.32. The molecule has 8 nitrogen and oxygen atoms in total. The largest absolute Gasteiger partial charge is 0.472 e. The minimum absolute atomic E-state index is 0.108. The number of carbonyl (C=O) groups excluding carboxylic acids is 1. The van der Waals surface area contributed by atoms with Crippen LogP contribution in [0.4, 0.5) is 9.93 Å². The van der Waals surface area contributed by atoms with Crippen molar-refractivity contribution >= 4 is 22.5 Å². The van der Waals surface area contributed by atoms with Crippen molar-refractivity contribution in [2.75, 3.05) is 38.7 Å². The molecule has 3 rings (SSSR count). The molecule has 2 atom stereocenters. The monoisotopic (exact) mass is 377 g/mol. The first-order chi connectivity index (χ1) is 12.7. The van der Waals surface area contributed by atoms with Crippen LogP contribution in [-0.4, -0.2) is 60.6 Å². The number of methoxy groups -OCH3 is 1. The molecule has 1 fully saturated rings. The molecule has 26 heavy (non-hydrogen) atoms. The molecule has 0 saturated carbocycles. The maximum absolute atomic E-state index is 12.2. The van der Waals surface area contributed by atoms with Gasteiger partial charge in [-0.1, -0.05) is 42.4 Å². The van der Waals surface area contributed by atoms with Crippen molar-refractivity contribution in [3.63, 3.8) is 0 Å². The van der Waals surface area contributed by atoms with Crippen molar-refractivity contribution in [1.29, 1.82) is 0 Å². The number of carbonyl (C=O) groups is 1. The van der Waals surface area contributed by atoms with Crippen LogP contribution in [0.25, 0.3) is 0 Å². The molecule has 0 aliphatic carbocycles. The van der Waals surface area contributed by atoms with Gasteiger partial charge in [0.25, 0.3) is 5.19 Å². The Morgan fingerprint density at radius 1 is 1.38 bits per heavy atom. The lowest BCUT2D eigenvalue weighted by atomic mass is 9.98. The number of anilines is 1. The van der Waals surface area contributed by atoms with Gasteiger partial charge in [0.1, 0.15) is 0 Å². The summed E-state index contributed by atoms with van der Waals surface area (Å²) in [6.07, 6.45) is -0.124. The Morgan fingerprint density at radius 3 is 2.88 bits per heavy atom. The van der Waals surface area contributed by atoms with Gasteiger partial charge >= 0.3 is 6.03 Å². The molecule has 0 spiro atoms. The number of nitrogens with one attached hydrogen (secondary N) is 2. The number of hydrogen-bond donors (Lipinski definition) is 2. The standard InChI is InChI=1S/C17H23N5O3S/c1-3-22-9-10-25-13(14(22)12-7-5-4-6-8-12)11-18-15(23)19-16-20-21-17(24-2)26-16/h4-8,13-14H,3,9-11H2,1-2H3,(H2,18,19,20,23)/t13-,14-/m0/s1. The molecule has 9 heteroatoms. The van der Waals surface area contributed by atoms with Crippen molar-refractivity contribution < 1.29 is 14.3 Å². The van der Waals surface area contributed by atoms with Gasteiger partial charge in [0.05, 0.1) is 25.9 Å². The molecule has 2 amide bonds. The quantitative estimate of drug-likeness (QED) is 0.802. The second-order valence-electron chi connectivity index (χ2n) is 5.81. The van der Waals surface area contributed by atoms with Gasteiger partial charge in [0.2, 0.25) is 5.13 Å². The van der Waals surface area contributed by atoms with Crippen molar-refractivity contribution in [3.05, 3.63) is 35.9 Å². The van der Waals surface area contributed by atoms with Crippen molar-refractivity contribution in [1.82, 2.24) is 20.4 Å². The number of benzene rings is 1. The number of hydrogen-bond acceptors (Lipinski definition) is 7. The lowest BCUT2D eigenvalue weighted by Crippen LogP contribution is -2.50. The summed E-state index contributed by atoms with van der Waals surface area (Å²) in [5.74, 6) is 0. The van der Waals surface area contributed by atoms with Gasteiger partial charge in [-0.15, -0.1) is 5.10 Å². The molecule has 1 aromatic carbocycles. The Labute approximate surface area is 156 Å². The van der Waals surface area contributed by atoms with Crippen molar-refractivity contribution in [2.45, 2.75) is 19.1 Å². The number of urea groups is 1. The normalized spacial score (nSPS) is 20.5. The second-order valence-corrected chi connectivity index (χ2v) is 6.75. The zero-order valence-electron chi connectivity index (χ0n) is 14.8. The van der Waals surface area contributed by atoms with Crippen molar-refractivity contribution in [2.24, 2.45) is 0 Å². The smallest absolute Gasteiger partial charge is 0.321 e. The molecule has 0 radical (unpaired) electrons. The van der Waals surface area contributed by atoms with Crippen LogP contribution in [0.1, 0.15) is 18.5 Å². The highest BCUT2D eigenvalue weighted by Crippen LogP contribution is 2.29. The number of nitrogens with zero attached hydrogens (tertiary/aromatic N) is 3. The fraction of sp³-hybridized carbons (Fsp3) is 0.471. The zero-order valence-corrected chi connectivity index (χ0v) is 15.7. The van der Waals surface area contributed by atoms with E-state index in [-0.39, 0.29) is 18.2 Å². The number of aromatic nitrogens is 2. The summed E-state index contributed by atoms with van der Waals surface area (Å²) in [5.41, 5.74) is 1.19. The lowest BCUT2D eigenvalue weighted by molar-refractivity contribution is -0.0680. The molecule has 1 aliphatic rings. The van der Waals surface area contributed by atoms with E-state index in [1.807, 2.05) is 18.2 Å². The first-order valence-corrected chi connectivity index (χ1v) is 9.36. The first-order valence-electron chi connectivity index (χ1n) is 8.54. The van der Waals surface area contributed by atoms with Gasteiger partial charge < -0.3 is 14.8 Å². The van der Waals surface area contributed by atoms with Crippen molar-refractivity contribution in [3.8, 4) is 5.19 Å². The number of ether oxygens (including phenoxy) is 2. The van der Waals surface area contributed by atoms with Crippen LogP contribution in [0.2, 0.25) is 0 Å². The van der Waals surface area contributed by atoms with E-state index >= 15 is 0 Å². The SMILES string of the molecule is CCN1CCO[C@@H](CNC(=O)Nc2nnc(OC)s2)[C@@H]1c1ccccc1. The second kappa shape index (κ2) is 8.93. The van der Waals surface area contributed by atoms with E-state index in [1.54, 1.807) is 0 Å². The topological polar surface area (TPSA) is 88.6 Å². The van der Waals surface area contributed by atoms with E-state index in [1.165, 1.54) is 24.0 Å². The fourth-order valence-electron chi connectivity index (χ4n) is 3.07. The van der Waals surface area contributed by atoms with Crippen LogP contribution in [0.5, 0.6) is 5.19 Å². The maximum Gasteiger partial charge on any atom is 0.321 e. The number of rotatable bonds is 6. The molecule has 0 bridgehead atoms. The van der Waals surface area contributed by atoms with Crippen LogP contribution < -0.4 is 15.4 Å². The maximum atomic E-state index is 12.2. The van der Waals surface area contributed by atoms with Gasteiger partial charge in [0.15, 0.2) is 0 Å². The van der Waals surface area contributed by atoms with E-state index in [2.05, 4.69) is 44.8 Å². The summed E-state index contributed by atoms with van der Waals surface area (Å²) < 4.78 is 10.9. The van der Waals surface area contributed by atoms with Gasteiger partial charge in [-0.2, -0.15) is 0 Å². The third kappa shape index (κ3) is 4.48. The van der Waals surface area contributed by atoms with Gasteiger partial charge in [-0.25, -0.2) is 4.79 Å². The molecular formula is C17H23N5O3S. The molecule has 2 N–H and O–H groups in total. The predicted octanol–water partition coefficient (Wildman–Crippen LogP) is 2.13. The Hall–Kier alpha value is -2.23. The van der Waals surface area contributed by atoms with Gasteiger partial charge in [0, 0.05) is 13.1 Å². The zero-order chi connectivity index (χ0) is 18.4. The van der Waals surface area contributed by atoms with Crippen LogP contribution in [0.3, 0.4) is 0 Å². The van der Waals surface area contributed by atoms with Crippen LogP contribution in [0.15, 0.2) is 30.3 Å². The molecule has 140 valence electrons. The average molecular weight is 377 g/mol. The van der Waals surface area contributed by atoms with Crippen LogP contribution in [-0.2, 0) is 4.74 Å². The van der Waals surface area contributed by atoms with Crippen LogP contribution >= 0.6 is 11.3 Å². The molecule has 0 unspecified atom stereocenters. The molecule has 2 aromatic rings. The van der Waals surface area contributed by atoms with Crippen LogP contribution in [0, 0.1) is 0 Å². The molecular weight excluding hydrogens is 354 g/mol. The molecule has 2 heterocycles. The Kier molecular flexibility index (Phi) is 6.37. The van der Waals surface area contributed by atoms with E-state index in [4.69, 9.17) is 9.47 Å². The summed E-state index contributed by atoms with van der Waals surface area (Å²) in [7, 11) is 1.51. The Morgan fingerprint density at radius 2 is 2.19 bits per heavy atom. The fourth-order valence-corrected chi connectivity index (χ4v) is 3.62. The summed E-state index contributed by atoms with van der Waals surface area (Å²) >= 11 is 1.17. The highest BCUT2D eigenvalue weighted by molar-refractivity contribution is 7.17. The van der Waals surface area contributed by atoms with E-state index < -0.39 is 0 Å². The first kappa shape index (κ1) is 18.6. The summed E-state index contributed by atoms with van der Waals surface area (Å²) in [4.78, 5) is 14.5. The van der Waals surface area contributed by atoms with Gasteiger partial charge in [-0.3, -0.25) is 10.2 Å². The summed E-state index contributed by atoms with van der Waals surface area (Å²) in [5, 5.41) is 13.9. The average Bonchev–Trinajstić information content (AvgIpc) is 3.14. The Bertz CT molecular complexity index is 711. The van der Waals surface area contributed by atoms with E-state index in [9.17, 15) is 4.79 Å². The third-order valence-corrected chi connectivity index (χ3v) is 5.07. The molecule has 1 aromatic heterocycles. The van der Waals surface area contributed by atoms with E-state index in [0.29, 0.717) is 23.5 Å². The number of likely N-dealkylation sites (N-methyl/N-ethyl adjacent to an activating group) is 1. The molecule has 1 saturated heterocycles. The highest BCUT2D eigenvalue weighted by atomic mass is 32.1.